The van der Waals surface area contributed by atoms with Gasteiger partial charge in [-0.25, -0.2) is 18.7 Å². The van der Waals surface area contributed by atoms with E-state index in [1.165, 1.54) is 0 Å². The molecule has 160 valence electrons. The summed E-state index contributed by atoms with van der Waals surface area (Å²) in [6.07, 6.45) is 4.44. The molecule has 0 saturated heterocycles. The molecule has 0 fully saturated rings. The van der Waals surface area contributed by atoms with Crippen molar-refractivity contribution in [3.05, 3.63) is 100 Å². The minimum atomic E-state index is -0.489. The van der Waals surface area contributed by atoms with Gasteiger partial charge in [-0.15, -0.1) is 0 Å². The summed E-state index contributed by atoms with van der Waals surface area (Å²) in [5, 5.41) is 0.686. The van der Waals surface area contributed by atoms with Crippen molar-refractivity contribution in [3.63, 3.8) is 0 Å². The van der Waals surface area contributed by atoms with Gasteiger partial charge in [-0.1, -0.05) is 17.7 Å². The molecular formula is C25H19ClF2N4. The molecule has 4 aromatic rings. The van der Waals surface area contributed by atoms with Crippen molar-refractivity contribution in [1.82, 2.24) is 19.9 Å². The first-order chi connectivity index (χ1) is 15.5. The lowest BCUT2D eigenvalue weighted by Gasteiger charge is -2.28. The number of benzene rings is 2. The van der Waals surface area contributed by atoms with Crippen LogP contribution in [0.1, 0.15) is 16.8 Å². The van der Waals surface area contributed by atoms with Crippen molar-refractivity contribution in [2.75, 3.05) is 6.54 Å². The van der Waals surface area contributed by atoms with E-state index in [-0.39, 0.29) is 5.56 Å². The molecule has 2 aromatic heterocycles. The molecule has 2 aromatic carbocycles. The van der Waals surface area contributed by atoms with Crippen LogP contribution in [0.15, 0.2) is 67.0 Å². The number of hydrogen-bond donors (Lipinski definition) is 0. The molecule has 32 heavy (non-hydrogen) atoms. The first kappa shape index (κ1) is 20.7. The minimum Gasteiger partial charge on any atom is -0.294 e. The van der Waals surface area contributed by atoms with E-state index in [2.05, 4.69) is 14.9 Å². The predicted octanol–water partition coefficient (Wildman–Crippen LogP) is 5.70. The Morgan fingerprint density at radius 2 is 1.78 bits per heavy atom. The highest BCUT2D eigenvalue weighted by Gasteiger charge is 2.19. The Bertz CT molecular complexity index is 1260. The molecule has 0 radical (unpaired) electrons. The maximum absolute atomic E-state index is 14.0. The van der Waals surface area contributed by atoms with Crippen LogP contribution in [0.5, 0.6) is 0 Å². The SMILES string of the molecule is Fc1ccc(F)c(-c2ccc(CN3CCc4nc(-c5ccc(Cl)cc5)ncc4C3)cn2)c1. The summed E-state index contributed by atoms with van der Waals surface area (Å²) in [7, 11) is 0. The molecule has 0 N–H and O–H groups in total. The lowest BCUT2D eigenvalue weighted by atomic mass is 10.1. The molecule has 0 saturated carbocycles. The third-order valence-corrected chi connectivity index (χ3v) is 5.80. The third kappa shape index (κ3) is 4.38. The molecule has 0 unspecified atom stereocenters. The van der Waals surface area contributed by atoms with Gasteiger partial charge in [-0.2, -0.15) is 0 Å². The minimum absolute atomic E-state index is 0.164. The number of fused-ring (bicyclic) bond motifs is 1. The number of rotatable bonds is 4. The maximum Gasteiger partial charge on any atom is 0.159 e. The Balaban J connectivity index is 1.28. The summed E-state index contributed by atoms with van der Waals surface area (Å²) < 4.78 is 27.5. The first-order valence-corrected chi connectivity index (χ1v) is 10.7. The fourth-order valence-corrected chi connectivity index (χ4v) is 4.00. The van der Waals surface area contributed by atoms with Gasteiger partial charge in [-0.05, 0) is 54.1 Å². The fourth-order valence-electron chi connectivity index (χ4n) is 3.88. The zero-order chi connectivity index (χ0) is 22.1. The molecule has 0 amide bonds. The number of hydrogen-bond acceptors (Lipinski definition) is 4. The molecule has 0 spiro atoms. The van der Waals surface area contributed by atoms with E-state index in [0.717, 1.165) is 60.1 Å². The van der Waals surface area contributed by atoms with Crippen LogP contribution >= 0.6 is 11.6 Å². The quantitative estimate of drug-likeness (QED) is 0.402. The van der Waals surface area contributed by atoms with E-state index in [4.69, 9.17) is 16.6 Å². The van der Waals surface area contributed by atoms with Crippen molar-refractivity contribution in [2.45, 2.75) is 19.5 Å². The van der Waals surface area contributed by atoms with Gasteiger partial charge in [0.25, 0.3) is 0 Å². The van der Waals surface area contributed by atoms with Crippen LogP contribution < -0.4 is 0 Å². The first-order valence-electron chi connectivity index (χ1n) is 10.3. The average Bonchev–Trinajstić information content (AvgIpc) is 2.81. The van der Waals surface area contributed by atoms with E-state index in [0.29, 0.717) is 23.1 Å². The molecule has 1 aliphatic heterocycles. The summed E-state index contributed by atoms with van der Waals surface area (Å²) in [5.41, 5.74) is 4.71. The van der Waals surface area contributed by atoms with E-state index >= 15 is 0 Å². The van der Waals surface area contributed by atoms with Gasteiger partial charge in [0.05, 0.1) is 11.4 Å². The van der Waals surface area contributed by atoms with Gasteiger partial charge in [0.1, 0.15) is 11.6 Å². The number of halogens is 3. The van der Waals surface area contributed by atoms with Crippen LogP contribution in [0.4, 0.5) is 8.78 Å². The van der Waals surface area contributed by atoms with Crippen LogP contribution in [-0.2, 0) is 19.5 Å². The van der Waals surface area contributed by atoms with Gasteiger partial charge in [0.2, 0.25) is 0 Å². The Hall–Kier alpha value is -3.22. The van der Waals surface area contributed by atoms with Crippen LogP contribution in [0.25, 0.3) is 22.6 Å². The lowest BCUT2D eigenvalue weighted by molar-refractivity contribution is 0.242. The summed E-state index contributed by atoms with van der Waals surface area (Å²) >= 11 is 5.97. The van der Waals surface area contributed by atoms with Gasteiger partial charge < -0.3 is 0 Å². The highest BCUT2D eigenvalue weighted by Crippen LogP contribution is 2.25. The summed E-state index contributed by atoms with van der Waals surface area (Å²) in [6, 6.07) is 14.5. The van der Waals surface area contributed by atoms with Crippen molar-refractivity contribution in [3.8, 4) is 22.6 Å². The van der Waals surface area contributed by atoms with Gasteiger partial charge in [-0.3, -0.25) is 9.88 Å². The molecular weight excluding hydrogens is 430 g/mol. The average molecular weight is 449 g/mol. The van der Waals surface area contributed by atoms with Gasteiger partial charge in [0, 0.05) is 60.2 Å². The normalized spacial score (nSPS) is 13.7. The van der Waals surface area contributed by atoms with Crippen LogP contribution in [-0.4, -0.2) is 26.4 Å². The predicted molar refractivity (Wildman–Crippen MR) is 120 cm³/mol. The second-order valence-electron chi connectivity index (χ2n) is 7.81. The second kappa shape index (κ2) is 8.73. The lowest BCUT2D eigenvalue weighted by Crippen LogP contribution is -2.31. The second-order valence-corrected chi connectivity index (χ2v) is 8.25. The molecule has 1 aliphatic rings. The van der Waals surface area contributed by atoms with Crippen molar-refractivity contribution < 1.29 is 8.78 Å². The molecule has 4 nitrogen and oxygen atoms in total. The molecule has 0 aliphatic carbocycles. The number of pyridine rings is 1. The number of nitrogens with zero attached hydrogens (tertiary/aromatic N) is 4. The standard InChI is InChI=1S/C25H19ClF2N4/c26-19-4-2-17(3-5-19)25-30-13-18-15-32(10-9-23(18)31-25)14-16-1-8-24(29-12-16)21-11-20(27)6-7-22(21)28/h1-8,11-13H,9-10,14-15H2. The molecule has 0 bridgehead atoms. The highest BCUT2D eigenvalue weighted by atomic mass is 35.5. The van der Waals surface area contributed by atoms with Crippen LogP contribution in [0, 0.1) is 11.6 Å². The summed E-state index contributed by atoms with van der Waals surface area (Å²) in [4.78, 5) is 15.9. The van der Waals surface area contributed by atoms with Crippen molar-refractivity contribution in [2.24, 2.45) is 0 Å². The van der Waals surface area contributed by atoms with Gasteiger partial charge >= 0.3 is 0 Å². The van der Waals surface area contributed by atoms with E-state index < -0.39 is 11.6 Å². The highest BCUT2D eigenvalue weighted by molar-refractivity contribution is 6.30. The van der Waals surface area contributed by atoms with E-state index in [1.807, 2.05) is 36.5 Å². The Morgan fingerprint density at radius 3 is 2.56 bits per heavy atom. The van der Waals surface area contributed by atoms with E-state index in [1.54, 1.807) is 12.3 Å². The molecule has 5 rings (SSSR count). The Kier molecular flexibility index (Phi) is 5.64. The monoisotopic (exact) mass is 448 g/mol. The van der Waals surface area contributed by atoms with Gasteiger partial charge in [0.15, 0.2) is 5.82 Å². The Labute approximate surface area is 189 Å². The summed E-state index contributed by atoms with van der Waals surface area (Å²) in [5.74, 6) is -0.267. The Morgan fingerprint density at radius 1 is 0.938 bits per heavy atom. The maximum atomic E-state index is 14.0. The molecule has 3 heterocycles. The van der Waals surface area contributed by atoms with Crippen molar-refractivity contribution in [1.29, 1.82) is 0 Å². The summed E-state index contributed by atoms with van der Waals surface area (Å²) in [6.45, 7) is 2.32. The smallest absolute Gasteiger partial charge is 0.159 e. The molecule has 0 atom stereocenters. The van der Waals surface area contributed by atoms with E-state index in [9.17, 15) is 8.78 Å². The van der Waals surface area contributed by atoms with Crippen LogP contribution in [0.3, 0.4) is 0 Å². The zero-order valence-corrected chi connectivity index (χ0v) is 17.9. The molecule has 7 heteroatoms. The van der Waals surface area contributed by atoms with Crippen LogP contribution in [0.2, 0.25) is 5.02 Å². The fraction of sp³-hybridized carbons (Fsp3) is 0.160. The van der Waals surface area contributed by atoms with Crippen molar-refractivity contribution >= 4 is 11.6 Å². The topological polar surface area (TPSA) is 41.9 Å². The largest absolute Gasteiger partial charge is 0.294 e. The zero-order valence-electron chi connectivity index (χ0n) is 17.1. The third-order valence-electron chi connectivity index (χ3n) is 5.55. The number of aromatic nitrogens is 3.